The second-order valence-electron chi connectivity index (χ2n) is 6.88. The van der Waals surface area contributed by atoms with E-state index in [1.54, 1.807) is 24.3 Å². The Morgan fingerprint density at radius 1 is 0.970 bits per heavy atom. The summed E-state index contributed by atoms with van der Waals surface area (Å²) in [5.74, 6) is -0.781. The van der Waals surface area contributed by atoms with Gasteiger partial charge in [-0.1, -0.05) is 47.6 Å². The highest BCUT2D eigenvalue weighted by Gasteiger charge is 2.20. The first-order valence-corrected chi connectivity index (χ1v) is 11.2. The number of aromatic nitrogens is 1. The van der Waals surface area contributed by atoms with Crippen LogP contribution in [0.15, 0.2) is 88.3 Å². The Morgan fingerprint density at radius 3 is 2.45 bits per heavy atom. The number of nitrogens with one attached hydrogen (secondary N) is 2. The lowest BCUT2D eigenvalue weighted by atomic mass is 10.1. The zero-order valence-electron chi connectivity index (χ0n) is 17.3. The molecule has 10 heteroatoms. The van der Waals surface area contributed by atoms with Gasteiger partial charge in [-0.3, -0.25) is 9.52 Å². The minimum absolute atomic E-state index is 0.103. The van der Waals surface area contributed by atoms with Crippen molar-refractivity contribution >= 4 is 27.3 Å². The molecule has 0 aliphatic carbocycles. The van der Waals surface area contributed by atoms with E-state index in [2.05, 4.69) is 15.2 Å². The number of anilines is 2. The molecule has 9 nitrogen and oxygen atoms in total. The van der Waals surface area contributed by atoms with E-state index in [0.717, 1.165) is 11.6 Å². The van der Waals surface area contributed by atoms with E-state index >= 15 is 0 Å². The number of nitrogens with zero attached hydrogens (tertiary/aromatic N) is 1. The lowest BCUT2D eigenvalue weighted by molar-refractivity contribution is 0.0987. The first-order chi connectivity index (χ1) is 15.9. The highest BCUT2D eigenvalue weighted by Crippen LogP contribution is 2.30. The molecule has 3 aromatic carbocycles. The van der Waals surface area contributed by atoms with Gasteiger partial charge < -0.3 is 19.7 Å². The molecule has 0 bridgehead atoms. The molecule has 1 aromatic heterocycles. The maximum absolute atomic E-state index is 12.9. The molecule has 0 aliphatic rings. The van der Waals surface area contributed by atoms with Crippen molar-refractivity contribution in [2.24, 2.45) is 0 Å². The fourth-order valence-corrected chi connectivity index (χ4v) is 4.12. The van der Waals surface area contributed by atoms with Crippen LogP contribution in [0, 0.1) is 0 Å². The van der Waals surface area contributed by atoms with Crippen molar-refractivity contribution in [3.05, 3.63) is 84.6 Å². The van der Waals surface area contributed by atoms with Gasteiger partial charge in [0, 0.05) is 11.6 Å². The van der Waals surface area contributed by atoms with E-state index in [-0.39, 0.29) is 27.8 Å². The number of aromatic hydroxyl groups is 1. The van der Waals surface area contributed by atoms with Crippen LogP contribution < -0.4 is 14.8 Å². The number of rotatable bonds is 7. The minimum Gasteiger partial charge on any atom is -0.506 e. The van der Waals surface area contributed by atoms with Crippen LogP contribution in [-0.4, -0.2) is 31.7 Å². The monoisotopic (exact) mass is 465 g/mol. The molecular weight excluding hydrogens is 446 g/mol. The Hall–Kier alpha value is -4.31. The highest BCUT2D eigenvalue weighted by molar-refractivity contribution is 7.92. The molecule has 4 rings (SSSR count). The van der Waals surface area contributed by atoms with Gasteiger partial charge in [-0.15, -0.1) is 0 Å². The lowest BCUT2D eigenvalue weighted by Gasteiger charge is -2.13. The summed E-state index contributed by atoms with van der Waals surface area (Å²) in [6.45, 7) is 0. The number of methoxy groups -OCH3 is 1. The number of benzene rings is 3. The van der Waals surface area contributed by atoms with Crippen molar-refractivity contribution in [1.82, 2.24) is 5.16 Å². The van der Waals surface area contributed by atoms with Gasteiger partial charge in [0.1, 0.15) is 17.2 Å². The van der Waals surface area contributed by atoms with E-state index in [9.17, 15) is 18.3 Å². The van der Waals surface area contributed by atoms with E-state index < -0.39 is 15.9 Å². The summed E-state index contributed by atoms with van der Waals surface area (Å²) in [5.41, 5.74) is 1.36. The number of sulfonamides is 1. The molecule has 0 atom stereocenters. The fourth-order valence-electron chi connectivity index (χ4n) is 3.03. The molecule has 1 amide bonds. The van der Waals surface area contributed by atoms with E-state index in [4.69, 9.17) is 9.26 Å². The normalized spacial score (nSPS) is 11.1. The Kier molecular flexibility index (Phi) is 6.01. The molecule has 168 valence electrons. The molecule has 0 spiro atoms. The first kappa shape index (κ1) is 21.9. The number of phenolic OH excluding ortho intramolecular Hbond substituents is 1. The Labute approximate surface area is 189 Å². The molecule has 33 heavy (non-hydrogen) atoms. The van der Waals surface area contributed by atoms with Crippen LogP contribution in [0.5, 0.6) is 11.5 Å². The zero-order valence-corrected chi connectivity index (χ0v) is 18.2. The van der Waals surface area contributed by atoms with Crippen LogP contribution in [0.1, 0.15) is 10.6 Å². The Balaban J connectivity index is 1.56. The van der Waals surface area contributed by atoms with Crippen molar-refractivity contribution in [2.75, 3.05) is 17.1 Å². The van der Waals surface area contributed by atoms with Gasteiger partial charge in [0.15, 0.2) is 0 Å². The van der Waals surface area contributed by atoms with E-state index in [0.29, 0.717) is 11.4 Å². The first-order valence-electron chi connectivity index (χ1n) is 9.70. The number of para-hydroxylation sites is 2. The molecule has 0 unspecified atom stereocenters. The van der Waals surface area contributed by atoms with E-state index in [1.165, 1.54) is 25.3 Å². The van der Waals surface area contributed by atoms with Gasteiger partial charge in [-0.25, -0.2) is 8.42 Å². The Morgan fingerprint density at radius 2 is 1.70 bits per heavy atom. The third-order valence-electron chi connectivity index (χ3n) is 4.68. The standard InChI is InChI=1S/C23H19N3O6S/c1-31-21-10-6-5-9-17(21)26-33(29,30)16-11-12-20(27)19(13-16)24-23(28)22-14-18(25-32-22)15-7-3-2-4-8-15/h2-14,26-27H,1H3,(H,24,28). The van der Waals surface area contributed by atoms with Crippen LogP contribution in [0.25, 0.3) is 11.3 Å². The largest absolute Gasteiger partial charge is 0.506 e. The molecule has 1 heterocycles. The number of hydrogen-bond acceptors (Lipinski definition) is 7. The maximum Gasteiger partial charge on any atom is 0.294 e. The van der Waals surface area contributed by atoms with Gasteiger partial charge in [0.05, 0.1) is 23.4 Å². The second kappa shape index (κ2) is 9.05. The van der Waals surface area contributed by atoms with Crippen LogP contribution in [-0.2, 0) is 10.0 Å². The van der Waals surface area contributed by atoms with Crippen LogP contribution >= 0.6 is 0 Å². The Bertz CT molecular complexity index is 1400. The number of amides is 1. The molecule has 3 N–H and O–H groups in total. The molecule has 0 radical (unpaired) electrons. The summed E-state index contributed by atoms with van der Waals surface area (Å²) in [5, 5.41) is 16.5. The van der Waals surface area contributed by atoms with Crippen LogP contribution in [0.3, 0.4) is 0 Å². The summed E-state index contributed by atoms with van der Waals surface area (Å²) < 4.78 is 38.4. The fraction of sp³-hybridized carbons (Fsp3) is 0.0435. The third-order valence-corrected chi connectivity index (χ3v) is 6.04. The summed E-state index contributed by atoms with van der Waals surface area (Å²) in [7, 11) is -2.62. The zero-order chi connectivity index (χ0) is 23.4. The van der Waals surface area contributed by atoms with E-state index in [1.807, 2.05) is 30.3 Å². The summed E-state index contributed by atoms with van der Waals surface area (Å²) in [6, 6.07) is 20.6. The average molecular weight is 465 g/mol. The second-order valence-corrected chi connectivity index (χ2v) is 8.56. The van der Waals surface area contributed by atoms with Crippen LogP contribution in [0.2, 0.25) is 0 Å². The topological polar surface area (TPSA) is 131 Å². The number of hydrogen-bond donors (Lipinski definition) is 3. The highest BCUT2D eigenvalue weighted by atomic mass is 32.2. The van der Waals surface area contributed by atoms with Crippen molar-refractivity contribution in [3.63, 3.8) is 0 Å². The summed E-state index contributed by atoms with van der Waals surface area (Å²) >= 11 is 0. The third kappa shape index (κ3) is 4.80. The number of phenols is 1. The molecule has 0 saturated heterocycles. The van der Waals surface area contributed by atoms with Crippen molar-refractivity contribution < 1.29 is 27.6 Å². The van der Waals surface area contributed by atoms with Crippen molar-refractivity contribution in [1.29, 1.82) is 0 Å². The predicted molar refractivity (Wildman–Crippen MR) is 122 cm³/mol. The smallest absolute Gasteiger partial charge is 0.294 e. The SMILES string of the molecule is COc1ccccc1NS(=O)(=O)c1ccc(O)c(NC(=O)c2cc(-c3ccccc3)no2)c1. The maximum atomic E-state index is 12.9. The van der Waals surface area contributed by atoms with Gasteiger partial charge >= 0.3 is 0 Å². The summed E-state index contributed by atoms with van der Waals surface area (Å²) in [4.78, 5) is 12.4. The van der Waals surface area contributed by atoms with Crippen molar-refractivity contribution in [2.45, 2.75) is 4.90 Å². The molecule has 4 aromatic rings. The van der Waals surface area contributed by atoms with Gasteiger partial charge in [-0.05, 0) is 30.3 Å². The molecule has 0 fully saturated rings. The predicted octanol–water partition coefficient (Wildman–Crippen LogP) is 4.11. The van der Waals surface area contributed by atoms with Gasteiger partial charge in [0.2, 0.25) is 5.76 Å². The molecular formula is C23H19N3O6S. The minimum atomic E-state index is -4.05. The number of ether oxygens (including phenoxy) is 1. The summed E-state index contributed by atoms with van der Waals surface area (Å²) in [6.07, 6.45) is 0. The quantitative estimate of drug-likeness (QED) is 0.350. The van der Waals surface area contributed by atoms with Crippen molar-refractivity contribution in [3.8, 4) is 22.8 Å². The molecule has 0 saturated carbocycles. The van der Waals surface area contributed by atoms with Gasteiger partial charge in [0.25, 0.3) is 15.9 Å². The number of carbonyl (C=O) groups is 1. The molecule has 0 aliphatic heterocycles. The number of carbonyl (C=O) groups excluding carboxylic acids is 1. The average Bonchev–Trinajstić information content (AvgIpc) is 3.32. The van der Waals surface area contributed by atoms with Gasteiger partial charge in [-0.2, -0.15) is 0 Å². The lowest BCUT2D eigenvalue weighted by Crippen LogP contribution is -2.15. The van der Waals surface area contributed by atoms with Crippen LogP contribution in [0.4, 0.5) is 11.4 Å².